The quantitative estimate of drug-likeness (QED) is 0.735. The standard InChI is InChI=1S/C20H18FNO2S/c1-12-5-6-14-13(11-24-18(14)9-12)10-19(23)22-17-7-8-25-20-15(17)3-2-4-16(20)21/h2-6,9,11,17H,7-8,10H2,1H3,(H,22,23). The van der Waals surface area contributed by atoms with E-state index in [0.29, 0.717) is 4.90 Å². The van der Waals surface area contributed by atoms with Gasteiger partial charge in [-0.25, -0.2) is 4.39 Å². The lowest BCUT2D eigenvalue weighted by atomic mass is 10.0. The predicted octanol–water partition coefficient (Wildman–Crippen LogP) is 4.78. The lowest BCUT2D eigenvalue weighted by Crippen LogP contribution is -2.31. The highest BCUT2D eigenvalue weighted by molar-refractivity contribution is 7.99. The third kappa shape index (κ3) is 3.16. The molecule has 1 atom stereocenters. The summed E-state index contributed by atoms with van der Waals surface area (Å²) in [6, 6.07) is 10.9. The van der Waals surface area contributed by atoms with E-state index in [4.69, 9.17) is 4.42 Å². The molecule has 1 N–H and O–H groups in total. The molecule has 3 nitrogen and oxygen atoms in total. The number of hydrogen-bond acceptors (Lipinski definition) is 3. The minimum Gasteiger partial charge on any atom is -0.464 e. The second-order valence-corrected chi connectivity index (χ2v) is 7.46. The fourth-order valence-electron chi connectivity index (χ4n) is 3.28. The van der Waals surface area contributed by atoms with E-state index in [-0.39, 0.29) is 24.2 Å². The van der Waals surface area contributed by atoms with Crippen LogP contribution in [0.4, 0.5) is 4.39 Å². The highest BCUT2D eigenvalue weighted by atomic mass is 32.2. The Hall–Kier alpha value is -2.27. The number of rotatable bonds is 3. The second-order valence-electron chi connectivity index (χ2n) is 6.35. The molecule has 1 aliphatic heterocycles. The van der Waals surface area contributed by atoms with Gasteiger partial charge in [-0.3, -0.25) is 4.79 Å². The van der Waals surface area contributed by atoms with Gasteiger partial charge in [0, 0.05) is 21.6 Å². The molecule has 0 saturated carbocycles. The number of fused-ring (bicyclic) bond motifs is 2. The van der Waals surface area contributed by atoms with Crippen LogP contribution in [-0.2, 0) is 11.2 Å². The molecule has 0 bridgehead atoms. The summed E-state index contributed by atoms with van der Waals surface area (Å²) in [5.74, 6) is 0.514. The van der Waals surface area contributed by atoms with Gasteiger partial charge in [0.25, 0.3) is 0 Å². The molecule has 0 aliphatic carbocycles. The average Bonchev–Trinajstić information content (AvgIpc) is 2.97. The Balaban J connectivity index is 1.52. The molecule has 1 aromatic heterocycles. The van der Waals surface area contributed by atoms with Crippen molar-refractivity contribution in [2.45, 2.75) is 30.7 Å². The molecular formula is C20H18FNO2S. The maximum atomic E-state index is 13.9. The Bertz CT molecular complexity index is 950. The Labute approximate surface area is 149 Å². The molecule has 1 amide bonds. The topological polar surface area (TPSA) is 42.2 Å². The van der Waals surface area contributed by atoms with Gasteiger partial charge >= 0.3 is 0 Å². The molecule has 0 fully saturated rings. The number of amides is 1. The van der Waals surface area contributed by atoms with Gasteiger partial charge in [-0.1, -0.05) is 24.3 Å². The number of carbonyl (C=O) groups is 1. The normalized spacial score (nSPS) is 16.6. The third-order valence-corrected chi connectivity index (χ3v) is 5.68. The van der Waals surface area contributed by atoms with E-state index in [9.17, 15) is 9.18 Å². The Morgan fingerprint density at radius 3 is 3.12 bits per heavy atom. The molecule has 0 saturated heterocycles. The monoisotopic (exact) mass is 355 g/mol. The summed E-state index contributed by atoms with van der Waals surface area (Å²) in [6.45, 7) is 2.01. The van der Waals surface area contributed by atoms with Gasteiger partial charge < -0.3 is 9.73 Å². The average molecular weight is 355 g/mol. The molecule has 2 heterocycles. The lowest BCUT2D eigenvalue weighted by Gasteiger charge is -2.26. The summed E-state index contributed by atoms with van der Waals surface area (Å²) in [4.78, 5) is 13.2. The first-order valence-electron chi connectivity index (χ1n) is 8.29. The van der Waals surface area contributed by atoms with E-state index < -0.39 is 0 Å². The molecule has 25 heavy (non-hydrogen) atoms. The minimum atomic E-state index is -0.211. The number of benzene rings is 2. The highest BCUT2D eigenvalue weighted by Gasteiger charge is 2.24. The number of carbonyl (C=O) groups excluding carboxylic acids is 1. The molecule has 2 aromatic carbocycles. The van der Waals surface area contributed by atoms with Gasteiger partial charge in [0.05, 0.1) is 18.7 Å². The summed E-state index contributed by atoms with van der Waals surface area (Å²) >= 11 is 1.51. The second kappa shape index (κ2) is 6.56. The van der Waals surface area contributed by atoms with Crippen molar-refractivity contribution in [3.05, 3.63) is 65.2 Å². The molecule has 1 unspecified atom stereocenters. The summed E-state index contributed by atoms with van der Waals surface area (Å²) in [5.41, 5.74) is 3.66. The number of furan rings is 1. The van der Waals surface area contributed by atoms with E-state index in [0.717, 1.165) is 39.8 Å². The minimum absolute atomic E-state index is 0.0737. The number of thioether (sulfide) groups is 1. The highest BCUT2D eigenvalue weighted by Crippen LogP contribution is 2.37. The largest absolute Gasteiger partial charge is 0.464 e. The predicted molar refractivity (Wildman–Crippen MR) is 97.3 cm³/mol. The van der Waals surface area contributed by atoms with Crippen molar-refractivity contribution in [2.75, 3.05) is 5.75 Å². The fraction of sp³-hybridized carbons (Fsp3) is 0.250. The van der Waals surface area contributed by atoms with Crippen LogP contribution in [0.3, 0.4) is 0 Å². The molecular weight excluding hydrogens is 337 g/mol. The van der Waals surface area contributed by atoms with Crippen molar-refractivity contribution in [1.29, 1.82) is 0 Å². The van der Waals surface area contributed by atoms with Crippen LogP contribution in [0, 0.1) is 12.7 Å². The van der Waals surface area contributed by atoms with Crippen molar-refractivity contribution < 1.29 is 13.6 Å². The SMILES string of the molecule is Cc1ccc2c(CC(=O)NC3CCSc4c(F)cccc43)coc2c1. The van der Waals surface area contributed by atoms with Gasteiger partial charge in [0.1, 0.15) is 11.4 Å². The molecule has 128 valence electrons. The van der Waals surface area contributed by atoms with Crippen molar-refractivity contribution in [2.24, 2.45) is 0 Å². The zero-order valence-corrected chi connectivity index (χ0v) is 14.7. The van der Waals surface area contributed by atoms with Crippen LogP contribution in [0.15, 0.2) is 52.0 Å². The van der Waals surface area contributed by atoms with Gasteiger partial charge in [0.15, 0.2) is 0 Å². The van der Waals surface area contributed by atoms with Crippen LogP contribution >= 0.6 is 11.8 Å². The first kappa shape index (κ1) is 16.2. The van der Waals surface area contributed by atoms with E-state index in [1.165, 1.54) is 17.8 Å². The Kier molecular flexibility index (Phi) is 4.25. The van der Waals surface area contributed by atoms with Crippen molar-refractivity contribution in [3.63, 3.8) is 0 Å². The smallest absolute Gasteiger partial charge is 0.225 e. The molecule has 5 heteroatoms. The molecule has 4 rings (SSSR count). The van der Waals surface area contributed by atoms with Crippen LogP contribution in [0.1, 0.15) is 29.2 Å². The number of nitrogens with one attached hydrogen (secondary N) is 1. The lowest BCUT2D eigenvalue weighted by molar-refractivity contribution is -0.121. The van der Waals surface area contributed by atoms with Crippen LogP contribution < -0.4 is 5.32 Å². The van der Waals surface area contributed by atoms with Gasteiger partial charge in [-0.05, 0) is 36.6 Å². The van der Waals surface area contributed by atoms with E-state index in [1.54, 1.807) is 12.3 Å². The van der Waals surface area contributed by atoms with Crippen molar-refractivity contribution in [3.8, 4) is 0 Å². The van der Waals surface area contributed by atoms with Gasteiger partial charge in [-0.2, -0.15) is 0 Å². The van der Waals surface area contributed by atoms with Crippen molar-refractivity contribution in [1.82, 2.24) is 5.32 Å². The van der Waals surface area contributed by atoms with E-state index >= 15 is 0 Å². The van der Waals surface area contributed by atoms with Crippen LogP contribution in [0.5, 0.6) is 0 Å². The number of halogens is 1. The zero-order chi connectivity index (χ0) is 17.4. The van der Waals surface area contributed by atoms with Crippen molar-refractivity contribution >= 4 is 28.6 Å². The summed E-state index contributed by atoms with van der Waals surface area (Å²) < 4.78 is 19.5. The summed E-state index contributed by atoms with van der Waals surface area (Å²) in [6.07, 6.45) is 2.70. The Morgan fingerprint density at radius 1 is 1.36 bits per heavy atom. The molecule has 1 aliphatic rings. The number of hydrogen-bond donors (Lipinski definition) is 1. The third-order valence-electron chi connectivity index (χ3n) is 4.52. The summed E-state index contributed by atoms with van der Waals surface area (Å²) in [7, 11) is 0. The number of aryl methyl sites for hydroxylation is 1. The van der Waals surface area contributed by atoms with Gasteiger partial charge in [0.2, 0.25) is 5.91 Å². The van der Waals surface area contributed by atoms with E-state index in [2.05, 4.69) is 5.32 Å². The maximum absolute atomic E-state index is 13.9. The maximum Gasteiger partial charge on any atom is 0.225 e. The Morgan fingerprint density at radius 2 is 2.24 bits per heavy atom. The van der Waals surface area contributed by atoms with Crippen LogP contribution in [0.2, 0.25) is 0 Å². The van der Waals surface area contributed by atoms with E-state index in [1.807, 2.05) is 31.2 Å². The summed E-state index contributed by atoms with van der Waals surface area (Å²) in [5, 5.41) is 4.02. The molecule has 3 aromatic rings. The van der Waals surface area contributed by atoms with Crippen LogP contribution in [0.25, 0.3) is 11.0 Å². The molecule has 0 radical (unpaired) electrons. The zero-order valence-electron chi connectivity index (χ0n) is 13.8. The first-order chi connectivity index (χ1) is 12.1. The molecule has 0 spiro atoms. The van der Waals surface area contributed by atoms with Gasteiger partial charge in [-0.15, -0.1) is 11.8 Å². The first-order valence-corrected chi connectivity index (χ1v) is 9.27. The fourth-order valence-corrected chi connectivity index (χ4v) is 4.42. The van der Waals surface area contributed by atoms with Crippen LogP contribution in [-0.4, -0.2) is 11.7 Å².